The third kappa shape index (κ3) is 3.77. The molecule has 0 aromatic carbocycles. The number of amides is 1. The fourth-order valence-electron chi connectivity index (χ4n) is 2.02. The van der Waals surface area contributed by atoms with E-state index < -0.39 is 16.6 Å². The van der Waals surface area contributed by atoms with Gasteiger partial charge in [-0.1, -0.05) is 0 Å². The highest BCUT2D eigenvalue weighted by atomic mass is 35.5. The molecular formula is C13H13ClFN3O2S. The number of aromatic nitrogens is 1. The molecule has 0 bridgehead atoms. The van der Waals surface area contributed by atoms with Crippen LogP contribution in [0.15, 0.2) is 23.1 Å². The summed E-state index contributed by atoms with van der Waals surface area (Å²) in [5.74, 6) is -0.623. The molecule has 5 nitrogen and oxygen atoms in total. The van der Waals surface area contributed by atoms with E-state index in [9.17, 15) is 14.0 Å². The summed E-state index contributed by atoms with van der Waals surface area (Å²) in [6.45, 7) is -0.714. The predicted octanol–water partition coefficient (Wildman–Crippen LogP) is 1.97. The smallest absolute Gasteiger partial charge is 0.250 e. The van der Waals surface area contributed by atoms with Crippen LogP contribution >= 0.6 is 23.4 Å². The second-order valence-electron chi connectivity index (χ2n) is 4.57. The summed E-state index contributed by atoms with van der Waals surface area (Å²) < 4.78 is 13.1. The van der Waals surface area contributed by atoms with Gasteiger partial charge in [0.2, 0.25) is 5.91 Å². The number of halogens is 2. The van der Waals surface area contributed by atoms with Crippen molar-refractivity contribution in [2.75, 3.05) is 12.0 Å². The Morgan fingerprint density at radius 1 is 1.62 bits per heavy atom. The number of hydrogen-bond donors (Lipinski definition) is 1. The quantitative estimate of drug-likeness (QED) is 0.857. The Bertz CT molecular complexity index is 631. The van der Waals surface area contributed by atoms with Crippen molar-refractivity contribution in [1.29, 1.82) is 5.26 Å². The van der Waals surface area contributed by atoms with Crippen LogP contribution in [0.2, 0.25) is 0 Å². The van der Waals surface area contributed by atoms with Crippen LogP contribution in [0.5, 0.6) is 0 Å². The summed E-state index contributed by atoms with van der Waals surface area (Å²) in [7, 11) is 0. The Labute approximate surface area is 130 Å². The molecule has 3 atom stereocenters. The van der Waals surface area contributed by atoms with Gasteiger partial charge in [-0.25, -0.2) is 4.39 Å². The van der Waals surface area contributed by atoms with Crippen LogP contribution in [0.3, 0.4) is 0 Å². The zero-order valence-corrected chi connectivity index (χ0v) is 12.5. The molecule has 0 aliphatic carbocycles. The molecule has 2 rings (SSSR count). The maximum Gasteiger partial charge on any atom is 0.250 e. The first kappa shape index (κ1) is 15.9. The third-order valence-corrected chi connectivity index (χ3v) is 5.05. The molecule has 3 unspecified atom stereocenters. The monoisotopic (exact) mass is 329 g/mol. The maximum atomic E-state index is 12.3. The molecule has 2 heterocycles. The zero-order valence-electron chi connectivity index (χ0n) is 11.0. The number of nitrogens with zero attached hydrogens (tertiary/aromatic N) is 2. The predicted molar refractivity (Wildman–Crippen MR) is 80.0 cm³/mol. The second kappa shape index (κ2) is 6.96. The molecule has 1 aromatic rings. The molecule has 0 spiro atoms. The van der Waals surface area contributed by atoms with Gasteiger partial charge in [0.25, 0.3) is 5.56 Å². The SMILES string of the molecule is N#CC1CC(C(=O)Nc2ccc(=O)n(CCF)c2)SC1Cl. The largest absolute Gasteiger partial charge is 0.324 e. The van der Waals surface area contributed by atoms with E-state index in [0.717, 1.165) is 0 Å². The average Bonchev–Trinajstić information content (AvgIpc) is 2.84. The van der Waals surface area contributed by atoms with Crippen LogP contribution in [-0.4, -0.2) is 27.1 Å². The van der Waals surface area contributed by atoms with Gasteiger partial charge in [0.15, 0.2) is 0 Å². The van der Waals surface area contributed by atoms with Crippen LogP contribution in [0.25, 0.3) is 0 Å². The number of carbonyl (C=O) groups excluding carboxylic acids is 1. The van der Waals surface area contributed by atoms with E-state index in [-0.39, 0.29) is 23.9 Å². The van der Waals surface area contributed by atoms with Crippen molar-refractivity contribution in [2.45, 2.75) is 22.9 Å². The molecule has 1 fully saturated rings. The van der Waals surface area contributed by atoms with Gasteiger partial charge in [-0.3, -0.25) is 9.59 Å². The van der Waals surface area contributed by atoms with E-state index in [4.69, 9.17) is 16.9 Å². The Balaban J connectivity index is 2.05. The fraction of sp³-hybridized carbons (Fsp3) is 0.462. The van der Waals surface area contributed by atoms with E-state index in [1.54, 1.807) is 0 Å². The third-order valence-electron chi connectivity index (χ3n) is 3.11. The van der Waals surface area contributed by atoms with Crippen molar-refractivity contribution in [3.8, 4) is 6.07 Å². The molecule has 0 radical (unpaired) electrons. The van der Waals surface area contributed by atoms with Crippen molar-refractivity contribution >= 4 is 35.0 Å². The number of nitriles is 1. The number of rotatable bonds is 4. The molecule has 1 aromatic heterocycles. The Morgan fingerprint density at radius 3 is 3.00 bits per heavy atom. The van der Waals surface area contributed by atoms with Crippen molar-refractivity contribution in [2.24, 2.45) is 5.92 Å². The van der Waals surface area contributed by atoms with Gasteiger partial charge in [0, 0.05) is 12.3 Å². The van der Waals surface area contributed by atoms with Crippen LogP contribution in [-0.2, 0) is 11.3 Å². The summed E-state index contributed by atoms with van der Waals surface area (Å²) >= 11 is 7.23. The van der Waals surface area contributed by atoms with Gasteiger partial charge in [-0.15, -0.1) is 23.4 Å². The first-order valence-corrected chi connectivity index (χ1v) is 7.69. The minimum absolute atomic E-state index is 0.0546. The summed E-state index contributed by atoms with van der Waals surface area (Å²) in [6, 6.07) is 4.82. The zero-order chi connectivity index (χ0) is 15.4. The highest BCUT2D eigenvalue weighted by molar-refractivity contribution is 8.02. The van der Waals surface area contributed by atoms with Gasteiger partial charge >= 0.3 is 0 Å². The first-order chi connectivity index (χ1) is 10.0. The number of anilines is 1. The van der Waals surface area contributed by atoms with Gasteiger partial charge in [0.05, 0.1) is 34.2 Å². The molecule has 1 amide bonds. The number of nitrogens with one attached hydrogen (secondary N) is 1. The summed E-state index contributed by atoms with van der Waals surface area (Å²) in [4.78, 5) is 23.6. The lowest BCUT2D eigenvalue weighted by molar-refractivity contribution is -0.115. The number of carbonyl (C=O) groups is 1. The minimum atomic E-state index is -0.659. The van der Waals surface area contributed by atoms with E-state index >= 15 is 0 Å². The minimum Gasteiger partial charge on any atom is -0.324 e. The molecule has 1 N–H and O–H groups in total. The highest BCUT2D eigenvalue weighted by Crippen LogP contribution is 2.40. The Morgan fingerprint density at radius 2 is 2.38 bits per heavy atom. The number of hydrogen-bond acceptors (Lipinski definition) is 4. The Kier molecular flexibility index (Phi) is 5.26. The molecule has 8 heteroatoms. The number of alkyl halides is 2. The topological polar surface area (TPSA) is 74.9 Å². The maximum absolute atomic E-state index is 12.3. The van der Waals surface area contributed by atoms with E-state index in [1.807, 2.05) is 0 Å². The molecule has 1 aliphatic rings. The summed E-state index contributed by atoms with van der Waals surface area (Å²) in [5.41, 5.74) is 0.0893. The molecule has 0 saturated carbocycles. The van der Waals surface area contributed by atoms with Crippen molar-refractivity contribution in [3.63, 3.8) is 0 Å². The van der Waals surface area contributed by atoms with E-state index in [2.05, 4.69) is 11.4 Å². The van der Waals surface area contributed by atoms with Gasteiger partial charge < -0.3 is 9.88 Å². The van der Waals surface area contributed by atoms with Crippen LogP contribution in [0.1, 0.15) is 6.42 Å². The normalized spacial score (nSPS) is 24.5. The highest BCUT2D eigenvalue weighted by Gasteiger charge is 2.37. The lowest BCUT2D eigenvalue weighted by Crippen LogP contribution is -2.25. The fourth-order valence-corrected chi connectivity index (χ4v) is 3.73. The van der Waals surface area contributed by atoms with E-state index in [1.165, 1.54) is 34.7 Å². The number of pyridine rings is 1. The molecular weight excluding hydrogens is 317 g/mol. The molecule has 1 saturated heterocycles. The van der Waals surface area contributed by atoms with Crippen molar-refractivity contribution in [3.05, 3.63) is 28.7 Å². The van der Waals surface area contributed by atoms with Crippen molar-refractivity contribution in [1.82, 2.24) is 4.57 Å². The van der Waals surface area contributed by atoms with Crippen LogP contribution in [0.4, 0.5) is 10.1 Å². The number of aryl methyl sites for hydroxylation is 1. The van der Waals surface area contributed by atoms with Gasteiger partial charge in [-0.05, 0) is 12.5 Å². The van der Waals surface area contributed by atoms with E-state index in [0.29, 0.717) is 12.1 Å². The lowest BCUT2D eigenvalue weighted by atomic mass is 10.1. The van der Waals surface area contributed by atoms with Crippen molar-refractivity contribution < 1.29 is 9.18 Å². The standard InChI is InChI=1S/C13H13ClFN3O2S/c14-12-8(6-16)5-10(21-12)13(20)17-9-1-2-11(19)18(7-9)4-3-15/h1-2,7-8,10,12H,3-5H2,(H,17,20). The number of thioether (sulfide) groups is 1. The van der Waals surface area contributed by atoms with Gasteiger partial charge in [-0.2, -0.15) is 5.26 Å². The lowest BCUT2D eigenvalue weighted by Gasteiger charge is -2.11. The molecule has 112 valence electrons. The van der Waals surface area contributed by atoms with Gasteiger partial charge in [0.1, 0.15) is 6.67 Å². The second-order valence-corrected chi connectivity index (χ2v) is 6.65. The summed E-state index contributed by atoms with van der Waals surface area (Å²) in [6.07, 6.45) is 1.80. The molecule has 21 heavy (non-hydrogen) atoms. The van der Waals surface area contributed by atoms with Crippen LogP contribution < -0.4 is 10.9 Å². The first-order valence-electron chi connectivity index (χ1n) is 6.31. The summed E-state index contributed by atoms with van der Waals surface area (Å²) in [5, 5.41) is 11.2. The molecule has 1 aliphatic heterocycles. The average molecular weight is 330 g/mol. The van der Waals surface area contributed by atoms with Crippen LogP contribution in [0, 0.1) is 17.2 Å². The Hall–Kier alpha value is -1.52.